The van der Waals surface area contributed by atoms with Gasteiger partial charge in [-0.05, 0) is 109 Å². The third kappa shape index (κ3) is 5.15. The average Bonchev–Trinajstić information content (AvgIpc) is 2.84. The summed E-state index contributed by atoms with van der Waals surface area (Å²) in [6, 6.07) is 22.4. The number of fused-ring (bicyclic) bond motifs is 2. The van der Waals surface area contributed by atoms with Gasteiger partial charge in [-0.2, -0.15) is 0 Å². The number of carbonyl (C=O) groups excluding carboxylic acids is 1. The molecule has 3 N–H and O–H groups in total. The van der Waals surface area contributed by atoms with Gasteiger partial charge in [0.15, 0.2) is 0 Å². The summed E-state index contributed by atoms with van der Waals surface area (Å²) in [6.07, 6.45) is 6.76. The Labute approximate surface area is 212 Å². The van der Waals surface area contributed by atoms with E-state index in [4.69, 9.17) is 0 Å². The molecule has 5 nitrogen and oxygen atoms in total. The van der Waals surface area contributed by atoms with Crippen molar-refractivity contribution in [2.45, 2.75) is 51.4 Å². The Balaban J connectivity index is 1.22. The average molecular weight is 483 g/mol. The zero-order chi connectivity index (χ0) is 25.3. The van der Waals surface area contributed by atoms with Crippen LogP contribution in [0.3, 0.4) is 0 Å². The lowest BCUT2D eigenvalue weighted by molar-refractivity contribution is 0.0698. The van der Waals surface area contributed by atoms with E-state index in [2.05, 4.69) is 48.7 Å². The van der Waals surface area contributed by atoms with Crippen molar-refractivity contribution in [1.82, 2.24) is 0 Å². The molecule has 2 aliphatic carbocycles. The highest BCUT2D eigenvalue weighted by molar-refractivity contribution is 6.07. The number of para-hydroxylation sites is 1. The number of hydrogen-bond donors (Lipinski definition) is 3. The number of amides is 1. The molecule has 0 aliphatic heterocycles. The van der Waals surface area contributed by atoms with Crippen LogP contribution in [0.1, 0.15) is 72.2 Å². The van der Waals surface area contributed by atoms with E-state index in [1.165, 1.54) is 43.7 Å². The first kappa shape index (κ1) is 24.1. The van der Waals surface area contributed by atoms with Crippen molar-refractivity contribution in [2.24, 2.45) is 17.8 Å². The van der Waals surface area contributed by atoms with Gasteiger partial charge in [0.25, 0.3) is 5.91 Å². The maximum atomic E-state index is 12.6. The fourth-order valence-corrected chi connectivity index (χ4v) is 6.63. The van der Waals surface area contributed by atoms with Crippen LogP contribution in [0.5, 0.6) is 0 Å². The molecule has 0 aromatic heterocycles. The van der Waals surface area contributed by atoms with Crippen molar-refractivity contribution >= 4 is 28.9 Å². The summed E-state index contributed by atoms with van der Waals surface area (Å²) >= 11 is 0. The molecule has 3 aromatic rings. The normalized spacial score (nSPS) is 25.1. The summed E-state index contributed by atoms with van der Waals surface area (Å²) in [4.78, 5) is 24.0. The van der Waals surface area contributed by atoms with Crippen LogP contribution in [0.25, 0.3) is 0 Å². The third-order valence-corrected chi connectivity index (χ3v) is 8.04. The summed E-state index contributed by atoms with van der Waals surface area (Å²) < 4.78 is 0. The highest BCUT2D eigenvalue weighted by Gasteiger charge is 2.41. The van der Waals surface area contributed by atoms with Crippen molar-refractivity contribution in [3.05, 3.63) is 89.5 Å². The minimum Gasteiger partial charge on any atom is -0.478 e. The van der Waals surface area contributed by atoms with Crippen LogP contribution in [0.2, 0.25) is 0 Å². The molecule has 2 saturated carbocycles. The van der Waals surface area contributed by atoms with Gasteiger partial charge in [0.05, 0.1) is 11.3 Å². The number of carboxylic acids is 1. The highest BCUT2D eigenvalue weighted by Crippen LogP contribution is 2.51. The zero-order valence-corrected chi connectivity index (χ0v) is 21.0. The van der Waals surface area contributed by atoms with Gasteiger partial charge in [-0.25, -0.2) is 4.79 Å². The molecule has 36 heavy (non-hydrogen) atoms. The molecule has 2 unspecified atom stereocenters. The first-order valence-corrected chi connectivity index (χ1v) is 12.9. The van der Waals surface area contributed by atoms with Crippen LogP contribution in [-0.4, -0.2) is 17.0 Å². The maximum absolute atomic E-state index is 12.6. The summed E-state index contributed by atoms with van der Waals surface area (Å²) in [5.41, 5.74) is 4.40. The molecule has 1 amide bonds. The quantitative estimate of drug-likeness (QED) is 0.340. The second-order valence-electron chi connectivity index (χ2n) is 11.1. The predicted molar refractivity (Wildman–Crippen MR) is 144 cm³/mol. The smallest absolute Gasteiger partial charge is 0.337 e. The van der Waals surface area contributed by atoms with Gasteiger partial charge in [0, 0.05) is 16.9 Å². The number of nitrogens with one attached hydrogen (secondary N) is 2. The van der Waals surface area contributed by atoms with Crippen molar-refractivity contribution in [1.29, 1.82) is 0 Å². The van der Waals surface area contributed by atoms with Gasteiger partial charge in [-0.3, -0.25) is 4.79 Å². The fraction of sp³-hybridized carbons (Fsp3) is 0.355. The Morgan fingerprint density at radius 1 is 0.833 bits per heavy atom. The van der Waals surface area contributed by atoms with E-state index in [-0.39, 0.29) is 22.6 Å². The lowest BCUT2D eigenvalue weighted by atomic mass is 9.57. The maximum Gasteiger partial charge on any atom is 0.337 e. The molecule has 5 heteroatoms. The van der Waals surface area contributed by atoms with Crippen LogP contribution >= 0.6 is 0 Å². The zero-order valence-electron chi connectivity index (χ0n) is 21.0. The van der Waals surface area contributed by atoms with E-state index in [0.717, 1.165) is 29.1 Å². The van der Waals surface area contributed by atoms with Crippen LogP contribution < -0.4 is 10.6 Å². The summed E-state index contributed by atoms with van der Waals surface area (Å²) in [5.74, 6) is 1.18. The molecule has 2 bridgehead atoms. The second-order valence-corrected chi connectivity index (χ2v) is 11.1. The molecule has 186 valence electrons. The minimum atomic E-state index is -1.08. The second kappa shape index (κ2) is 9.81. The number of rotatable bonds is 6. The molecule has 5 rings (SSSR count). The molecule has 0 spiro atoms. The van der Waals surface area contributed by atoms with Crippen molar-refractivity contribution in [3.8, 4) is 0 Å². The fourth-order valence-electron chi connectivity index (χ4n) is 6.63. The number of hydrogen-bond acceptors (Lipinski definition) is 3. The Bertz CT molecular complexity index is 1230. The molecule has 3 aromatic carbocycles. The van der Waals surface area contributed by atoms with Gasteiger partial charge in [0.1, 0.15) is 0 Å². The lowest BCUT2D eigenvalue weighted by Crippen LogP contribution is -2.38. The van der Waals surface area contributed by atoms with E-state index < -0.39 is 5.97 Å². The number of aromatic carboxylic acids is 1. The van der Waals surface area contributed by atoms with Gasteiger partial charge in [-0.1, -0.05) is 38.1 Å². The van der Waals surface area contributed by atoms with Crippen molar-refractivity contribution in [2.75, 3.05) is 10.6 Å². The Kier molecular flexibility index (Phi) is 6.57. The molecule has 2 fully saturated rings. The van der Waals surface area contributed by atoms with Gasteiger partial charge in [-0.15, -0.1) is 0 Å². The van der Waals surface area contributed by atoms with Crippen LogP contribution in [0, 0.1) is 17.8 Å². The van der Waals surface area contributed by atoms with E-state index in [0.29, 0.717) is 5.56 Å². The van der Waals surface area contributed by atoms with Crippen LogP contribution in [0.4, 0.5) is 17.1 Å². The van der Waals surface area contributed by atoms with E-state index in [1.54, 1.807) is 30.3 Å². The lowest BCUT2D eigenvalue weighted by Gasteiger charge is -2.47. The van der Waals surface area contributed by atoms with E-state index in [9.17, 15) is 14.7 Å². The molecule has 0 radical (unpaired) electrons. The number of carbonyl (C=O) groups is 2. The van der Waals surface area contributed by atoms with E-state index >= 15 is 0 Å². The first-order valence-electron chi connectivity index (χ1n) is 12.9. The minimum absolute atomic E-state index is 0.0624. The molecular weight excluding hydrogens is 448 g/mol. The summed E-state index contributed by atoms with van der Waals surface area (Å²) in [7, 11) is 0. The van der Waals surface area contributed by atoms with Gasteiger partial charge < -0.3 is 15.7 Å². The van der Waals surface area contributed by atoms with E-state index in [1.807, 2.05) is 12.1 Å². The highest BCUT2D eigenvalue weighted by atomic mass is 16.4. The Morgan fingerprint density at radius 3 is 2.03 bits per heavy atom. The predicted octanol–water partition coefficient (Wildman–Crippen LogP) is 7.48. The number of carboxylic acid groups (broad SMARTS) is 1. The summed E-state index contributed by atoms with van der Waals surface area (Å²) in [5, 5.41) is 15.4. The Morgan fingerprint density at radius 2 is 1.42 bits per heavy atom. The largest absolute Gasteiger partial charge is 0.478 e. The van der Waals surface area contributed by atoms with Gasteiger partial charge >= 0.3 is 5.97 Å². The van der Waals surface area contributed by atoms with Crippen LogP contribution in [-0.2, 0) is 5.41 Å². The third-order valence-electron chi connectivity index (χ3n) is 8.04. The molecule has 2 atom stereocenters. The first-order chi connectivity index (χ1) is 17.3. The number of benzene rings is 3. The monoisotopic (exact) mass is 482 g/mol. The SMILES string of the molecule is CC1CC2CC(C1)CC(C)(c1ccc(Nc3ccc(C(=O)Nc4ccccc4C(=O)O)cc3)cc1)C2. The molecule has 0 heterocycles. The van der Waals surface area contributed by atoms with Crippen molar-refractivity contribution < 1.29 is 14.7 Å². The Hall–Kier alpha value is -3.60. The molecular formula is C31H34N2O3. The van der Waals surface area contributed by atoms with Crippen LogP contribution in [0.15, 0.2) is 72.8 Å². The molecule has 0 saturated heterocycles. The topological polar surface area (TPSA) is 78.4 Å². The standard InChI is InChI=1S/C31H34N2O3/c1-20-15-21-17-22(16-20)19-31(2,18-21)24-9-13-26(14-10-24)32-25-11-7-23(8-12-25)29(34)33-28-6-4-3-5-27(28)30(35)36/h3-14,20-22,32H,15-19H2,1-2H3,(H,33,34)(H,35,36). The summed E-state index contributed by atoms with van der Waals surface area (Å²) in [6.45, 7) is 4.86. The molecule has 2 aliphatic rings. The number of anilines is 3. The van der Waals surface area contributed by atoms with Crippen molar-refractivity contribution in [3.63, 3.8) is 0 Å². The van der Waals surface area contributed by atoms with Gasteiger partial charge in [0.2, 0.25) is 0 Å².